The van der Waals surface area contributed by atoms with Gasteiger partial charge < -0.3 is 9.84 Å². The first-order chi connectivity index (χ1) is 18.0. The van der Waals surface area contributed by atoms with Crippen LogP contribution in [0.2, 0.25) is 0 Å². The molecule has 0 saturated carbocycles. The molecule has 3 aromatic carbocycles. The SMILES string of the molecule is CC(C)COc1cccc(/C(O)=C2/C(=O)C(=O)N(c3ccc(C#N)cc3)C2c2ccc(C(C)(C)C)cc2)c1. The van der Waals surface area contributed by atoms with Gasteiger partial charge >= 0.3 is 0 Å². The van der Waals surface area contributed by atoms with Crippen molar-refractivity contribution in [2.75, 3.05) is 11.5 Å². The molecule has 38 heavy (non-hydrogen) atoms. The minimum Gasteiger partial charge on any atom is -0.507 e. The predicted molar refractivity (Wildman–Crippen MR) is 148 cm³/mol. The summed E-state index contributed by atoms with van der Waals surface area (Å²) >= 11 is 0. The Bertz CT molecular complexity index is 1420. The van der Waals surface area contributed by atoms with Crippen LogP contribution in [-0.2, 0) is 15.0 Å². The molecule has 1 atom stereocenters. The maximum absolute atomic E-state index is 13.4. The van der Waals surface area contributed by atoms with Crippen LogP contribution in [0.15, 0.2) is 78.4 Å². The molecular weight excluding hydrogens is 476 g/mol. The van der Waals surface area contributed by atoms with Crippen molar-refractivity contribution in [3.63, 3.8) is 0 Å². The van der Waals surface area contributed by atoms with Crippen LogP contribution in [0.3, 0.4) is 0 Å². The minimum absolute atomic E-state index is 0.00359. The van der Waals surface area contributed by atoms with E-state index in [-0.39, 0.29) is 16.7 Å². The van der Waals surface area contributed by atoms with Gasteiger partial charge in [0, 0.05) is 11.3 Å². The Morgan fingerprint density at radius 1 is 1.03 bits per heavy atom. The number of aliphatic hydroxyl groups excluding tert-OH is 1. The highest BCUT2D eigenvalue weighted by molar-refractivity contribution is 6.51. The van der Waals surface area contributed by atoms with Gasteiger partial charge in [-0.2, -0.15) is 5.26 Å². The molecule has 0 aliphatic carbocycles. The number of hydrogen-bond acceptors (Lipinski definition) is 5. The summed E-state index contributed by atoms with van der Waals surface area (Å²) in [6, 6.07) is 22.3. The van der Waals surface area contributed by atoms with Crippen molar-refractivity contribution in [3.8, 4) is 11.8 Å². The first-order valence-electron chi connectivity index (χ1n) is 12.7. The maximum atomic E-state index is 13.4. The summed E-state index contributed by atoms with van der Waals surface area (Å²) in [6.45, 7) is 10.9. The van der Waals surface area contributed by atoms with Crippen LogP contribution in [0, 0.1) is 17.2 Å². The fraction of sp³-hybridized carbons (Fsp3) is 0.281. The van der Waals surface area contributed by atoms with Gasteiger partial charge in [-0.15, -0.1) is 0 Å². The van der Waals surface area contributed by atoms with E-state index < -0.39 is 17.7 Å². The summed E-state index contributed by atoms with van der Waals surface area (Å²) in [6.07, 6.45) is 0. The van der Waals surface area contributed by atoms with Gasteiger partial charge in [0.1, 0.15) is 11.5 Å². The Labute approximate surface area is 223 Å². The molecule has 0 bridgehead atoms. The van der Waals surface area contributed by atoms with Gasteiger partial charge in [0.15, 0.2) is 0 Å². The fourth-order valence-corrected chi connectivity index (χ4v) is 4.43. The molecule has 0 spiro atoms. The standard InChI is InChI=1S/C32H32N2O4/c1-20(2)19-38-26-8-6-7-23(17-26)29(35)27-28(22-11-13-24(14-12-22)32(3,4)5)34(31(37)30(27)36)25-15-9-21(18-33)10-16-25/h6-17,20,28,35H,19H2,1-5H3/b29-27-. The maximum Gasteiger partial charge on any atom is 0.300 e. The number of carbonyl (C=O) groups is 2. The average molecular weight is 509 g/mol. The van der Waals surface area contributed by atoms with Gasteiger partial charge in [0.05, 0.1) is 29.9 Å². The smallest absolute Gasteiger partial charge is 0.300 e. The van der Waals surface area contributed by atoms with Crippen LogP contribution in [0.5, 0.6) is 5.75 Å². The molecule has 1 fully saturated rings. The number of amides is 1. The van der Waals surface area contributed by atoms with Crippen molar-refractivity contribution in [3.05, 3.63) is 101 Å². The molecule has 1 aliphatic heterocycles. The molecule has 1 unspecified atom stereocenters. The van der Waals surface area contributed by atoms with E-state index >= 15 is 0 Å². The van der Waals surface area contributed by atoms with Crippen molar-refractivity contribution >= 4 is 23.1 Å². The molecule has 1 N–H and O–H groups in total. The summed E-state index contributed by atoms with van der Waals surface area (Å²) in [5, 5.41) is 20.7. The zero-order valence-electron chi connectivity index (χ0n) is 22.4. The molecule has 6 heteroatoms. The van der Waals surface area contributed by atoms with Crippen LogP contribution in [0.1, 0.15) is 62.9 Å². The van der Waals surface area contributed by atoms with E-state index in [9.17, 15) is 20.0 Å². The van der Waals surface area contributed by atoms with Gasteiger partial charge in [-0.25, -0.2) is 0 Å². The highest BCUT2D eigenvalue weighted by Crippen LogP contribution is 2.43. The monoisotopic (exact) mass is 508 g/mol. The van der Waals surface area contributed by atoms with Crippen molar-refractivity contribution in [2.45, 2.75) is 46.1 Å². The van der Waals surface area contributed by atoms with E-state index in [0.29, 0.717) is 40.7 Å². The third kappa shape index (κ3) is 5.33. The van der Waals surface area contributed by atoms with E-state index in [1.165, 1.54) is 4.90 Å². The molecule has 1 heterocycles. The number of ketones is 1. The second kappa shape index (κ2) is 10.5. The minimum atomic E-state index is -0.850. The van der Waals surface area contributed by atoms with E-state index in [0.717, 1.165) is 5.56 Å². The van der Waals surface area contributed by atoms with Crippen molar-refractivity contribution < 1.29 is 19.4 Å². The second-order valence-corrected chi connectivity index (χ2v) is 10.9. The number of carbonyl (C=O) groups excluding carboxylic acids is 2. The summed E-state index contributed by atoms with van der Waals surface area (Å²) in [5.41, 5.74) is 3.01. The van der Waals surface area contributed by atoms with Crippen LogP contribution in [0.25, 0.3) is 5.76 Å². The van der Waals surface area contributed by atoms with Crippen LogP contribution < -0.4 is 9.64 Å². The number of Topliss-reactive ketones (excluding diaryl/α,β-unsaturated/α-hetero) is 1. The summed E-state index contributed by atoms with van der Waals surface area (Å²) in [7, 11) is 0. The number of ether oxygens (including phenoxy) is 1. The zero-order valence-corrected chi connectivity index (χ0v) is 22.4. The molecule has 4 rings (SSSR count). The first kappa shape index (κ1) is 26.7. The number of benzene rings is 3. The van der Waals surface area contributed by atoms with Crippen LogP contribution >= 0.6 is 0 Å². The lowest BCUT2D eigenvalue weighted by molar-refractivity contribution is -0.132. The molecular formula is C32H32N2O4. The number of nitrogens with zero attached hydrogens (tertiary/aromatic N) is 2. The largest absolute Gasteiger partial charge is 0.507 e. The molecule has 194 valence electrons. The molecule has 3 aromatic rings. The Morgan fingerprint density at radius 3 is 2.26 bits per heavy atom. The zero-order chi connectivity index (χ0) is 27.6. The van der Waals surface area contributed by atoms with Gasteiger partial charge in [-0.05, 0) is 58.9 Å². The number of anilines is 1. The molecule has 1 aliphatic rings. The first-order valence-corrected chi connectivity index (χ1v) is 12.7. The van der Waals surface area contributed by atoms with E-state index in [4.69, 9.17) is 4.74 Å². The average Bonchev–Trinajstić information content (AvgIpc) is 3.17. The number of nitriles is 1. The second-order valence-electron chi connectivity index (χ2n) is 10.9. The topological polar surface area (TPSA) is 90.6 Å². The third-order valence-corrected chi connectivity index (χ3v) is 6.50. The Morgan fingerprint density at radius 2 is 1.68 bits per heavy atom. The number of aliphatic hydroxyl groups is 1. The normalized spacial score (nSPS) is 17.1. The van der Waals surface area contributed by atoms with Gasteiger partial charge in [0.25, 0.3) is 11.7 Å². The van der Waals surface area contributed by atoms with Crippen LogP contribution in [0.4, 0.5) is 5.69 Å². The molecule has 1 saturated heterocycles. The highest BCUT2D eigenvalue weighted by Gasteiger charge is 2.47. The van der Waals surface area contributed by atoms with Crippen molar-refractivity contribution in [1.29, 1.82) is 5.26 Å². The van der Waals surface area contributed by atoms with Gasteiger partial charge in [-0.3, -0.25) is 14.5 Å². The van der Waals surface area contributed by atoms with Crippen molar-refractivity contribution in [2.24, 2.45) is 5.92 Å². The van der Waals surface area contributed by atoms with E-state index in [2.05, 4.69) is 26.8 Å². The summed E-state index contributed by atoms with van der Waals surface area (Å²) in [5.74, 6) is -0.894. The summed E-state index contributed by atoms with van der Waals surface area (Å²) in [4.78, 5) is 28.2. The third-order valence-electron chi connectivity index (χ3n) is 6.50. The fourth-order valence-electron chi connectivity index (χ4n) is 4.43. The molecule has 1 amide bonds. The Hall–Kier alpha value is -4.37. The lowest BCUT2D eigenvalue weighted by Gasteiger charge is -2.26. The highest BCUT2D eigenvalue weighted by atomic mass is 16.5. The quantitative estimate of drug-likeness (QED) is 0.233. The lowest BCUT2D eigenvalue weighted by Crippen LogP contribution is -2.29. The van der Waals surface area contributed by atoms with E-state index in [1.54, 1.807) is 48.5 Å². The lowest BCUT2D eigenvalue weighted by atomic mass is 9.85. The molecule has 0 radical (unpaired) electrons. The van der Waals surface area contributed by atoms with E-state index in [1.807, 2.05) is 38.1 Å². The Balaban J connectivity index is 1.87. The van der Waals surface area contributed by atoms with Crippen LogP contribution in [-0.4, -0.2) is 23.4 Å². The van der Waals surface area contributed by atoms with Gasteiger partial charge in [0.2, 0.25) is 0 Å². The van der Waals surface area contributed by atoms with Gasteiger partial charge in [-0.1, -0.05) is 71.0 Å². The molecule has 6 nitrogen and oxygen atoms in total. The summed E-state index contributed by atoms with van der Waals surface area (Å²) < 4.78 is 5.82. The van der Waals surface area contributed by atoms with Crippen molar-refractivity contribution in [1.82, 2.24) is 0 Å². The number of rotatable bonds is 6. The predicted octanol–water partition coefficient (Wildman–Crippen LogP) is 6.52. The number of hydrogen-bond donors (Lipinski definition) is 1. The molecule has 0 aromatic heterocycles. The Kier molecular flexibility index (Phi) is 7.41.